The third-order valence-corrected chi connectivity index (χ3v) is 14.0. The predicted octanol–water partition coefficient (Wildman–Crippen LogP) is 10.3. The van der Waals surface area contributed by atoms with E-state index in [1.54, 1.807) is 0 Å². The Morgan fingerprint density at radius 3 is 2.29 bits per heavy atom. The average molecular weight is 555 g/mol. The maximum Gasteiger partial charge on any atom is 0.337 e. The second-order valence-corrected chi connectivity index (χ2v) is 15.9. The van der Waals surface area contributed by atoms with E-state index in [-0.39, 0.29) is 11.4 Å². The van der Waals surface area contributed by atoms with Crippen LogP contribution in [0.5, 0.6) is 0 Å². The molecule has 4 saturated carbocycles. The lowest BCUT2D eigenvalue weighted by Gasteiger charge is -2.68. The molecular weight excluding hydrogens is 500 g/mol. The SMILES string of the molecule is C=C(C)C1CC[C@]2(/C=C/C)CCC3[C@H](CCC4[C@@]3(C)CCC3C(C)(C)C(c5ccc(C(=O)OC)cc5)=CC[C@@]34C)C12. The van der Waals surface area contributed by atoms with E-state index in [0.717, 1.165) is 23.7 Å². The second kappa shape index (κ2) is 9.99. The van der Waals surface area contributed by atoms with Gasteiger partial charge in [0.2, 0.25) is 0 Å². The number of allylic oxidation sites excluding steroid dienone is 5. The molecule has 0 radical (unpaired) electrons. The van der Waals surface area contributed by atoms with Crippen LogP contribution in [-0.4, -0.2) is 13.1 Å². The standard InChI is InChI=1S/C39H54O2/c1-9-20-39-23-16-28(25(2)3)34(39)29-14-15-33-37(6,31(29)18-24-39)22-19-32-36(4,5)30(17-21-38(32,33)7)26-10-12-27(13-11-26)35(40)41-8/h9-13,17,20,28-29,31-34H,2,14-16,18-19,21-24H2,1,3-8H3/b20-9+/t28?,29-,31?,32?,33?,34?,37-,38-,39+/m0/s1. The molecule has 1 aromatic rings. The van der Waals surface area contributed by atoms with Gasteiger partial charge < -0.3 is 4.74 Å². The lowest BCUT2D eigenvalue weighted by atomic mass is 9.36. The molecule has 4 fully saturated rings. The predicted molar refractivity (Wildman–Crippen MR) is 170 cm³/mol. The summed E-state index contributed by atoms with van der Waals surface area (Å²) in [6.07, 6.45) is 19.8. The Kier molecular flexibility index (Phi) is 7.07. The zero-order valence-electron chi connectivity index (χ0n) is 26.9. The van der Waals surface area contributed by atoms with Gasteiger partial charge in [0, 0.05) is 0 Å². The molecule has 0 aromatic heterocycles. The van der Waals surface area contributed by atoms with Crippen LogP contribution in [0.4, 0.5) is 0 Å². The van der Waals surface area contributed by atoms with Gasteiger partial charge in [-0.25, -0.2) is 4.79 Å². The molecule has 0 N–H and O–H groups in total. The van der Waals surface area contributed by atoms with Crippen molar-refractivity contribution in [2.45, 2.75) is 99.3 Å². The molecule has 0 amide bonds. The number of hydrogen-bond donors (Lipinski definition) is 0. The molecule has 41 heavy (non-hydrogen) atoms. The van der Waals surface area contributed by atoms with Crippen molar-refractivity contribution in [1.29, 1.82) is 0 Å². The van der Waals surface area contributed by atoms with Crippen LogP contribution < -0.4 is 0 Å². The average Bonchev–Trinajstić information content (AvgIpc) is 3.32. The molecule has 2 nitrogen and oxygen atoms in total. The van der Waals surface area contributed by atoms with E-state index in [4.69, 9.17) is 4.74 Å². The molecule has 2 heteroatoms. The quantitative estimate of drug-likeness (QED) is 0.273. The molecule has 0 saturated heterocycles. The van der Waals surface area contributed by atoms with Gasteiger partial charge in [0.25, 0.3) is 0 Å². The summed E-state index contributed by atoms with van der Waals surface area (Å²) in [5.74, 6) is 4.39. The van der Waals surface area contributed by atoms with Gasteiger partial charge in [-0.3, -0.25) is 0 Å². The fourth-order valence-corrected chi connectivity index (χ4v) is 12.5. The molecule has 5 unspecified atom stereocenters. The number of benzene rings is 1. The van der Waals surface area contributed by atoms with Gasteiger partial charge in [0.05, 0.1) is 12.7 Å². The van der Waals surface area contributed by atoms with Crippen LogP contribution in [-0.2, 0) is 4.74 Å². The molecule has 0 bridgehead atoms. The topological polar surface area (TPSA) is 26.3 Å². The van der Waals surface area contributed by atoms with Gasteiger partial charge in [-0.15, -0.1) is 0 Å². The van der Waals surface area contributed by atoms with Crippen LogP contribution in [0.2, 0.25) is 0 Å². The third kappa shape index (κ3) is 4.12. The summed E-state index contributed by atoms with van der Waals surface area (Å²) in [5.41, 5.74) is 6.08. The minimum absolute atomic E-state index is 0.0993. The highest BCUT2D eigenvalue weighted by Gasteiger charge is 2.66. The first-order valence-corrected chi connectivity index (χ1v) is 16.6. The largest absolute Gasteiger partial charge is 0.465 e. The fraction of sp³-hybridized carbons (Fsp3) is 0.667. The van der Waals surface area contributed by atoms with Crippen LogP contribution in [0.1, 0.15) is 115 Å². The van der Waals surface area contributed by atoms with Crippen molar-refractivity contribution in [1.82, 2.24) is 0 Å². The van der Waals surface area contributed by atoms with Crippen LogP contribution in [0, 0.1) is 57.2 Å². The first-order chi connectivity index (χ1) is 19.4. The van der Waals surface area contributed by atoms with E-state index in [1.807, 2.05) is 12.1 Å². The van der Waals surface area contributed by atoms with Crippen LogP contribution >= 0.6 is 0 Å². The Balaban J connectivity index is 1.32. The smallest absolute Gasteiger partial charge is 0.337 e. The lowest BCUT2D eigenvalue weighted by molar-refractivity contribution is -0.176. The highest BCUT2D eigenvalue weighted by atomic mass is 16.5. The molecule has 0 heterocycles. The van der Waals surface area contributed by atoms with Crippen LogP contribution in [0.15, 0.2) is 54.6 Å². The Bertz CT molecular complexity index is 1260. The van der Waals surface area contributed by atoms with Gasteiger partial charge in [0.1, 0.15) is 0 Å². The number of ether oxygens (including phenoxy) is 1. The highest BCUT2D eigenvalue weighted by Crippen LogP contribution is 2.74. The number of hydrogen-bond acceptors (Lipinski definition) is 2. The van der Waals surface area contributed by atoms with Gasteiger partial charge >= 0.3 is 5.97 Å². The summed E-state index contributed by atoms with van der Waals surface area (Å²) in [6.45, 7) is 19.5. The molecule has 5 aliphatic rings. The van der Waals surface area contributed by atoms with E-state index in [9.17, 15) is 4.79 Å². The van der Waals surface area contributed by atoms with Crippen LogP contribution in [0.3, 0.4) is 0 Å². The normalized spacial score (nSPS) is 42.9. The van der Waals surface area contributed by atoms with Crippen molar-refractivity contribution >= 4 is 11.5 Å². The third-order valence-electron chi connectivity index (χ3n) is 14.0. The minimum Gasteiger partial charge on any atom is -0.465 e. The van der Waals surface area contributed by atoms with Crippen LogP contribution in [0.25, 0.3) is 5.57 Å². The highest BCUT2D eigenvalue weighted by molar-refractivity contribution is 5.89. The zero-order valence-corrected chi connectivity index (χ0v) is 26.9. The van der Waals surface area contributed by atoms with E-state index in [1.165, 1.54) is 81.6 Å². The Morgan fingerprint density at radius 2 is 1.63 bits per heavy atom. The van der Waals surface area contributed by atoms with Crippen molar-refractivity contribution in [3.05, 3.63) is 65.8 Å². The fourth-order valence-electron chi connectivity index (χ4n) is 12.5. The number of fused-ring (bicyclic) bond motifs is 7. The van der Waals surface area contributed by atoms with Gasteiger partial charge in [-0.2, -0.15) is 0 Å². The van der Waals surface area contributed by atoms with Gasteiger partial charge in [-0.1, -0.05) is 70.2 Å². The molecule has 222 valence electrons. The summed E-state index contributed by atoms with van der Waals surface area (Å²) >= 11 is 0. The number of carbonyl (C=O) groups is 1. The van der Waals surface area contributed by atoms with Gasteiger partial charge in [0.15, 0.2) is 0 Å². The van der Waals surface area contributed by atoms with Gasteiger partial charge in [-0.05, 0) is 152 Å². The van der Waals surface area contributed by atoms with E-state index in [2.05, 4.69) is 78.5 Å². The van der Waals surface area contributed by atoms with Crippen molar-refractivity contribution in [2.24, 2.45) is 57.2 Å². The van der Waals surface area contributed by atoms with E-state index < -0.39 is 0 Å². The zero-order chi connectivity index (χ0) is 29.4. The first-order valence-electron chi connectivity index (χ1n) is 16.6. The summed E-state index contributed by atoms with van der Waals surface area (Å²) in [5, 5.41) is 0. The minimum atomic E-state index is -0.263. The number of carbonyl (C=O) groups excluding carboxylic acids is 1. The molecule has 0 spiro atoms. The molecule has 5 aliphatic carbocycles. The Morgan fingerprint density at radius 1 is 0.927 bits per heavy atom. The maximum absolute atomic E-state index is 12.0. The monoisotopic (exact) mass is 554 g/mol. The first kappa shape index (κ1) is 29.0. The summed E-state index contributed by atoms with van der Waals surface area (Å²) in [7, 11) is 1.45. The van der Waals surface area contributed by atoms with Crippen molar-refractivity contribution in [2.75, 3.05) is 7.11 Å². The number of methoxy groups -OCH3 is 1. The second-order valence-electron chi connectivity index (χ2n) is 15.9. The number of esters is 1. The van der Waals surface area contributed by atoms with Crippen molar-refractivity contribution in [3.63, 3.8) is 0 Å². The summed E-state index contributed by atoms with van der Waals surface area (Å²) < 4.78 is 4.94. The molecule has 1 aromatic carbocycles. The lowest BCUT2D eigenvalue weighted by Crippen LogP contribution is -2.61. The molecular formula is C39H54O2. The molecule has 0 aliphatic heterocycles. The summed E-state index contributed by atoms with van der Waals surface area (Å²) in [6, 6.07) is 8.14. The van der Waals surface area contributed by atoms with Crippen molar-refractivity contribution in [3.8, 4) is 0 Å². The maximum atomic E-state index is 12.0. The molecule has 9 atom stereocenters. The van der Waals surface area contributed by atoms with E-state index in [0.29, 0.717) is 33.6 Å². The number of rotatable bonds is 4. The van der Waals surface area contributed by atoms with Crippen molar-refractivity contribution < 1.29 is 9.53 Å². The van der Waals surface area contributed by atoms with E-state index >= 15 is 0 Å². The molecule has 6 rings (SSSR count). The Hall–Kier alpha value is -2.09. The Labute approximate surface area is 250 Å². The summed E-state index contributed by atoms with van der Waals surface area (Å²) in [4.78, 5) is 12.0.